The second-order valence-electron chi connectivity index (χ2n) is 5.87. The Morgan fingerprint density at radius 1 is 1.05 bits per heavy atom. The van der Waals surface area contributed by atoms with Gasteiger partial charge in [0.15, 0.2) is 0 Å². The van der Waals surface area contributed by atoms with Crippen LogP contribution in [0.1, 0.15) is 22.8 Å². The van der Waals surface area contributed by atoms with Crippen molar-refractivity contribution in [2.75, 3.05) is 19.0 Å². The first kappa shape index (κ1) is 13.2. The molecule has 0 saturated heterocycles. The number of benzene rings is 2. The molecule has 2 aromatic carbocycles. The predicted molar refractivity (Wildman–Crippen MR) is 83.1 cm³/mol. The molecule has 0 aliphatic heterocycles. The lowest BCUT2D eigenvalue weighted by Crippen LogP contribution is -2.11. The molecule has 0 heterocycles. The van der Waals surface area contributed by atoms with Gasteiger partial charge in [0.1, 0.15) is 0 Å². The molecular weight excluding hydrogens is 246 g/mol. The number of anilines is 1. The third-order valence-corrected chi connectivity index (χ3v) is 4.25. The zero-order valence-corrected chi connectivity index (χ0v) is 12.1. The standard InChI is InChI=1S/C18H21NO/c1-19(2)16-9-7-13(8-10-16)11-15-12-14-5-3-4-6-17(14)18(15)20/h3-10,15,18,20H,11-12H2,1-2H3/t15-,18-/m0/s1. The van der Waals surface area contributed by atoms with Crippen molar-refractivity contribution in [3.05, 3.63) is 65.2 Å². The van der Waals surface area contributed by atoms with Crippen LogP contribution in [-0.4, -0.2) is 19.2 Å². The highest BCUT2D eigenvalue weighted by Gasteiger charge is 2.30. The summed E-state index contributed by atoms with van der Waals surface area (Å²) in [5, 5.41) is 10.4. The molecule has 0 unspecified atom stereocenters. The summed E-state index contributed by atoms with van der Waals surface area (Å²) in [7, 11) is 4.10. The van der Waals surface area contributed by atoms with Crippen molar-refractivity contribution in [2.24, 2.45) is 5.92 Å². The third-order valence-electron chi connectivity index (χ3n) is 4.25. The highest BCUT2D eigenvalue weighted by Crippen LogP contribution is 2.37. The van der Waals surface area contributed by atoms with Gasteiger partial charge in [-0.25, -0.2) is 0 Å². The molecule has 1 N–H and O–H groups in total. The fourth-order valence-corrected chi connectivity index (χ4v) is 3.07. The van der Waals surface area contributed by atoms with E-state index in [1.807, 2.05) is 20.2 Å². The molecule has 2 heteroatoms. The van der Waals surface area contributed by atoms with Gasteiger partial charge in [-0.3, -0.25) is 0 Å². The molecule has 20 heavy (non-hydrogen) atoms. The molecule has 2 atom stereocenters. The van der Waals surface area contributed by atoms with Crippen LogP contribution in [0.5, 0.6) is 0 Å². The maximum absolute atomic E-state index is 10.4. The lowest BCUT2D eigenvalue weighted by atomic mass is 9.94. The fraction of sp³-hybridized carbons (Fsp3) is 0.333. The molecule has 2 nitrogen and oxygen atoms in total. The van der Waals surface area contributed by atoms with Crippen molar-refractivity contribution >= 4 is 5.69 Å². The van der Waals surface area contributed by atoms with Crippen LogP contribution in [0.2, 0.25) is 0 Å². The van der Waals surface area contributed by atoms with Gasteiger partial charge in [-0.2, -0.15) is 0 Å². The molecule has 0 bridgehead atoms. The van der Waals surface area contributed by atoms with Crippen LogP contribution < -0.4 is 4.90 Å². The summed E-state index contributed by atoms with van der Waals surface area (Å²) in [6.45, 7) is 0. The summed E-state index contributed by atoms with van der Waals surface area (Å²) in [5.74, 6) is 0.303. The van der Waals surface area contributed by atoms with Crippen molar-refractivity contribution in [3.63, 3.8) is 0 Å². The minimum atomic E-state index is -0.320. The molecule has 2 aromatic rings. The fourth-order valence-electron chi connectivity index (χ4n) is 3.07. The minimum absolute atomic E-state index is 0.303. The topological polar surface area (TPSA) is 23.5 Å². The van der Waals surface area contributed by atoms with Gasteiger partial charge < -0.3 is 10.0 Å². The number of aliphatic hydroxyl groups is 1. The number of aliphatic hydroxyl groups excluding tert-OH is 1. The molecule has 3 rings (SSSR count). The van der Waals surface area contributed by atoms with E-state index in [0.717, 1.165) is 18.4 Å². The highest BCUT2D eigenvalue weighted by molar-refractivity contribution is 5.46. The SMILES string of the molecule is CN(C)c1ccc(C[C@H]2Cc3ccccc3[C@H]2O)cc1. The Hall–Kier alpha value is -1.80. The Morgan fingerprint density at radius 2 is 1.75 bits per heavy atom. The van der Waals surface area contributed by atoms with Crippen molar-refractivity contribution in [1.29, 1.82) is 0 Å². The summed E-state index contributed by atoms with van der Waals surface area (Å²) in [4.78, 5) is 2.10. The Balaban J connectivity index is 1.73. The molecule has 104 valence electrons. The number of fused-ring (bicyclic) bond motifs is 1. The van der Waals surface area contributed by atoms with E-state index in [1.165, 1.54) is 16.8 Å². The van der Waals surface area contributed by atoms with Gasteiger partial charge in [-0.05, 0) is 47.6 Å². The van der Waals surface area contributed by atoms with Crippen LogP contribution in [0.4, 0.5) is 5.69 Å². The smallest absolute Gasteiger partial charge is 0.0827 e. The molecular formula is C18H21NO. The summed E-state index contributed by atoms with van der Waals surface area (Å²) >= 11 is 0. The first-order chi connectivity index (χ1) is 9.65. The number of hydrogen-bond donors (Lipinski definition) is 1. The molecule has 0 aromatic heterocycles. The third kappa shape index (κ3) is 2.44. The molecule has 0 amide bonds. The van der Waals surface area contributed by atoms with E-state index >= 15 is 0 Å². The lowest BCUT2D eigenvalue weighted by Gasteiger charge is -2.16. The van der Waals surface area contributed by atoms with Crippen LogP contribution in [0.25, 0.3) is 0 Å². The zero-order valence-electron chi connectivity index (χ0n) is 12.1. The van der Waals surface area contributed by atoms with Gasteiger partial charge in [0.2, 0.25) is 0 Å². The van der Waals surface area contributed by atoms with Crippen LogP contribution >= 0.6 is 0 Å². The van der Waals surface area contributed by atoms with Crippen LogP contribution in [0.3, 0.4) is 0 Å². The van der Waals surface area contributed by atoms with Gasteiger partial charge in [0, 0.05) is 19.8 Å². The summed E-state index contributed by atoms with van der Waals surface area (Å²) in [5.41, 5.74) is 4.92. The zero-order chi connectivity index (χ0) is 14.1. The van der Waals surface area contributed by atoms with Crippen molar-refractivity contribution in [2.45, 2.75) is 18.9 Å². The lowest BCUT2D eigenvalue weighted by molar-refractivity contribution is 0.123. The Morgan fingerprint density at radius 3 is 2.40 bits per heavy atom. The van der Waals surface area contributed by atoms with Gasteiger partial charge in [0.25, 0.3) is 0 Å². The molecule has 0 saturated carbocycles. The average Bonchev–Trinajstić information content (AvgIpc) is 2.77. The molecule has 0 spiro atoms. The van der Waals surface area contributed by atoms with Gasteiger partial charge in [-0.15, -0.1) is 0 Å². The highest BCUT2D eigenvalue weighted by atomic mass is 16.3. The van der Waals surface area contributed by atoms with E-state index in [4.69, 9.17) is 0 Å². The summed E-state index contributed by atoms with van der Waals surface area (Å²) in [6.07, 6.45) is 1.59. The molecule has 0 radical (unpaired) electrons. The first-order valence-corrected chi connectivity index (χ1v) is 7.17. The minimum Gasteiger partial charge on any atom is -0.388 e. The average molecular weight is 267 g/mol. The van der Waals surface area contributed by atoms with E-state index in [1.54, 1.807) is 0 Å². The quantitative estimate of drug-likeness (QED) is 0.923. The normalized spacial score (nSPS) is 20.8. The van der Waals surface area contributed by atoms with Gasteiger partial charge >= 0.3 is 0 Å². The van der Waals surface area contributed by atoms with E-state index < -0.39 is 0 Å². The predicted octanol–water partition coefficient (Wildman–Crippen LogP) is 3.20. The first-order valence-electron chi connectivity index (χ1n) is 7.17. The Kier molecular flexibility index (Phi) is 3.49. The van der Waals surface area contributed by atoms with Crippen LogP contribution in [-0.2, 0) is 12.8 Å². The summed E-state index contributed by atoms with van der Waals surface area (Å²) in [6, 6.07) is 16.9. The van der Waals surface area contributed by atoms with Crippen molar-refractivity contribution in [1.82, 2.24) is 0 Å². The van der Waals surface area contributed by atoms with E-state index in [0.29, 0.717) is 5.92 Å². The second-order valence-corrected chi connectivity index (χ2v) is 5.87. The van der Waals surface area contributed by atoms with Gasteiger partial charge in [0.05, 0.1) is 6.10 Å². The maximum Gasteiger partial charge on any atom is 0.0827 e. The second kappa shape index (κ2) is 5.29. The van der Waals surface area contributed by atoms with Crippen LogP contribution in [0, 0.1) is 5.92 Å². The Labute approximate surface area is 120 Å². The van der Waals surface area contributed by atoms with Crippen molar-refractivity contribution in [3.8, 4) is 0 Å². The Bertz CT molecular complexity index is 589. The number of rotatable bonds is 3. The molecule has 1 aliphatic carbocycles. The largest absolute Gasteiger partial charge is 0.388 e. The monoisotopic (exact) mass is 267 g/mol. The van der Waals surface area contributed by atoms with E-state index in [9.17, 15) is 5.11 Å². The van der Waals surface area contributed by atoms with Crippen LogP contribution in [0.15, 0.2) is 48.5 Å². The molecule has 0 fully saturated rings. The maximum atomic E-state index is 10.4. The molecule has 1 aliphatic rings. The number of nitrogens with zero attached hydrogens (tertiary/aromatic N) is 1. The van der Waals surface area contributed by atoms with E-state index in [-0.39, 0.29) is 6.10 Å². The van der Waals surface area contributed by atoms with E-state index in [2.05, 4.69) is 47.4 Å². The van der Waals surface area contributed by atoms with Crippen molar-refractivity contribution < 1.29 is 5.11 Å². The number of hydrogen-bond acceptors (Lipinski definition) is 2. The van der Waals surface area contributed by atoms with Gasteiger partial charge in [-0.1, -0.05) is 36.4 Å². The summed E-state index contributed by atoms with van der Waals surface area (Å²) < 4.78 is 0.